The summed E-state index contributed by atoms with van der Waals surface area (Å²) in [5, 5.41) is 27.8. The second-order valence-electron chi connectivity index (χ2n) is 23.1. The maximum atomic E-state index is 14.6. The third-order valence-electron chi connectivity index (χ3n) is 15.0. The van der Waals surface area contributed by atoms with Gasteiger partial charge in [-0.2, -0.15) is 0 Å². The molecule has 5 heterocycles. The molecule has 26 nitrogen and oxygen atoms in total. The zero-order valence-electron chi connectivity index (χ0n) is 54.5. The number of likely N-dealkylation sites (tertiary alicyclic amines) is 1. The number of rotatable bonds is 41. The Morgan fingerprint density at radius 1 is 0.702 bits per heavy atom. The second-order valence-corrected chi connectivity index (χ2v) is 25.6. The van der Waals surface area contributed by atoms with Crippen LogP contribution in [0.5, 0.6) is 0 Å². The Morgan fingerprint density at radius 2 is 1.29 bits per heavy atom. The van der Waals surface area contributed by atoms with E-state index in [-0.39, 0.29) is 117 Å². The minimum atomic E-state index is -1.13. The van der Waals surface area contributed by atoms with Crippen molar-refractivity contribution in [2.45, 2.75) is 105 Å². The average molecular weight is 1370 g/mol. The third kappa shape index (κ3) is 23.3. The lowest BCUT2D eigenvalue weighted by Gasteiger charge is -2.35. The molecule has 0 saturated carbocycles. The van der Waals surface area contributed by atoms with Crippen molar-refractivity contribution in [3.63, 3.8) is 0 Å². The van der Waals surface area contributed by atoms with E-state index in [9.17, 15) is 28.8 Å². The zero-order valence-corrected chi connectivity index (χ0v) is 56.9. The normalized spacial score (nSPS) is 15.6. The van der Waals surface area contributed by atoms with Crippen LogP contribution in [-0.4, -0.2) is 221 Å². The van der Waals surface area contributed by atoms with Gasteiger partial charge in [-0.3, -0.25) is 38.3 Å². The number of carbonyl (C=O) groups is 6. The molecular weight excluding hydrogens is 1280 g/mol. The lowest BCUT2D eigenvalue weighted by Crippen LogP contribution is -2.58. The molecule has 0 radical (unpaired) electrons. The summed E-state index contributed by atoms with van der Waals surface area (Å²) < 4.78 is 56.9. The van der Waals surface area contributed by atoms with E-state index < -0.39 is 65.9 Å². The number of nitrogens with zero attached hydrogens (tertiary/aromatic N) is 6. The molecule has 0 aliphatic carbocycles. The molecular formula is C65H88ClN9O17S2. The average Bonchev–Trinajstić information content (AvgIpc) is 1.59. The van der Waals surface area contributed by atoms with Gasteiger partial charge in [0.15, 0.2) is 5.82 Å². The van der Waals surface area contributed by atoms with Crippen LogP contribution < -0.4 is 16.0 Å². The predicted molar refractivity (Wildman–Crippen MR) is 350 cm³/mol. The number of aryl methyl sites for hydroxylation is 3. The number of hydrogen-bond acceptors (Lipinski definition) is 23. The molecule has 5 aromatic rings. The van der Waals surface area contributed by atoms with Crippen LogP contribution in [0, 0.1) is 33.1 Å². The standard InChI is InChI=1S/C65H88ClN9O17S2/c1-42-44(3)94-64-57(42)58(47-12-14-49(66)15-13-47)70-51(61-73-72-45(4)75(61)64)37-53(77)67-18-20-83-22-24-88-32-33-90-40-54(78)71-60(65(5,6)7)63(82)74-39-50(36-52(74)62(81)68-38-46-8-10-48(11-9-46)59-43(2)69-41-93-59)92-56(80)17-16-55(79)91-35-34-89-31-30-87-29-28-86-27-26-85-25-23-84-21-19-76/h8-15,41,50-52,60,76H,16-40H2,1-7H3,(H,67,77)(H,68,81)(H,71,78)/t50-,51+,52+,60-/m1/s1. The largest absolute Gasteiger partial charge is 0.463 e. The number of fused-ring (bicyclic) bond motifs is 3. The first kappa shape index (κ1) is 74.7. The number of aliphatic hydroxyl groups is 1. The number of ether oxygens (including phenoxy) is 10. The van der Waals surface area contributed by atoms with Crippen LogP contribution >= 0.6 is 34.3 Å². The molecule has 0 unspecified atom stereocenters. The summed E-state index contributed by atoms with van der Waals surface area (Å²) in [6, 6.07) is 12.4. The minimum Gasteiger partial charge on any atom is -0.463 e. The zero-order chi connectivity index (χ0) is 67.4. The fourth-order valence-corrected chi connectivity index (χ4v) is 12.2. The van der Waals surface area contributed by atoms with E-state index >= 15 is 0 Å². The van der Waals surface area contributed by atoms with Gasteiger partial charge in [-0.15, -0.1) is 32.9 Å². The second kappa shape index (κ2) is 38.8. The first-order valence-corrected chi connectivity index (χ1v) is 33.5. The highest BCUT2D eigenvalue weighted by molar-refractivity contribution is 7.15. The molecule has 94 heavy (non-hydrogen) atoms. The molecule has 2 aliphatic heterocycles. The Balaban J connectivity index is 0.807. The fourth-order valence-electron chi connectivity index (χ4n) is 10.1. The van der Waals surface area contributed by atoms with Crippen LogP contribution in [0.25, 0.3) is 15.4 Å². The van der Waals surface area contributed by atoms with E-state index in [0.717, 1.165) is 54.0 Å². The number of carbonyl (C=O) groups excluding carboxylic acids is 6. The van der Waals surface area contributed by atoms with E-state index in [4.69, 9.17) is 69.1 Å². The Kier molecular flexibility index (Phi) is 30.8. The van der Waals surface area contributed by atoms with Gasteiger partial charge in [0.25, 0.3) is 0 Å². The molecule has 0 bridgehead atoms. The molecule has 7 rings (SSSR count). The molecule has 3 aromatic heterocycles. The molecule has 1 fully saturated rings. The minimum absolute atomic E-state index is 0.0284. The molecule has 2 aromatic carbocycles. The number of aliphatic hydroxyl groups excluding tert-OH is 1. The van der Waals surface area contributed by atoms with Crippen LogP contribution in [0.4, 0.5) is 0 Å². The van der Waals surface area contributed by atoms with Gasteiger partial charge >= 0.3 is 11.9 Å². The number of aromatic nitrogens is 4. The van der Waals surface area contributed by atoms with E-state index in [0.29, 0.717) is 62.9 Å². The summed E-state index contributed by atoms with van der Waals surface area (Å²) in [6.45, 7) is 17.3. The Morgan fingerprint density at radius 3 is 1.89 bits per heavy atom. The highest BCUT2D eigenvalue weighted by Gasteiger charge is 2.46. The third-order valence-corrected chi connectivity index (χ3v) is 17.4. The van der Waals surface area contributed by atoms with Crippen molar-refractivity contribution >= 4 is 75.6 Å². The van der Waals surface area contributed by atoms with Gasteiger partial charge < -0.3 is 73.3 Å². The van der Waals surface area contributed by atoms with Crippen LogP contribution in [0.1, 0.15) is 97.0 Å². The number of amides is 4. The number of halogens is 1. The molecule has 514 valence electrons. The van der Waals surface area contributed by atoms with E-state index in [1.54, 1.807) is 37.6 Å². The monoisotopic (exact) mass is 1370 g/mol. The highest BCUT2D eigenvalue weighted by atomic mass is 35.5. The molecule has 4 amide bonds. The molecule has 4 N–H and O–H groups in total. The summed E-state index contributed by atoms with van der Waals surface area (Å²) in [5.74, 6) is -1.93. The fraction of sp³-hybridized carbons (Fsp3) is 0.569. The van der Waals surface area contributed by atoms with Crippen molar-refractivity contribution in [1.82, 2.24) is 40.6 Å². The summed E-state index contributed by atoms with van der Waals surface area (Å²) in [4.78, 5) is 94.3. The van der Waals surface area contributed by atoms with Crippen molar-refractivity contribution in [2.24, 2.45) is 10.4 Å². The highest BCUT2D eigenvalue weighted by Crippen LogP contribution is 2.40. The molecule has 1 saturated heterocycles. The predicted octanol–water partition coefficient (Wildman–Crippen LogP) is 5.55. The van der Waals surface area contributed by atoms with Gasteiger partial charge in [0, 0.05) is 40.5 Å². The number of nitrogens with one attached hydrogen (secondary N) is 3. The van der Waals surface area contributed by atoms with Gasteiger partial charge in [0.2, 0.25) is 23.6 Å². The topological polar surface area (TPSA) is 310 Å². The van der Waals surface area contributed by atoms with Crippen molar-refractivity contribution in [3.05, 3.63) is 104 Å². The van der Waals surface area contributed by atoms with Crippen molar-refractivity contribution < 1.29 is 81.2 Å². The van der Waals surface area contributed by atoms with Crippen molar-refractivity contribution in [1.29, 1.82) is 0 Å². The summed E-state index contributed by atoms with van der Waals surface area (Å²) >= 11 is 9.43. The van der Waals surface area contributed by atoms with Gasteiger partial charge in [-0.25, -0.2) is 4.98 Å². The Labute approximate surface area is 561 Å². The summed E-state index contributed by atoms with van der Waals surface area (Å²) in [7, 11) is 0. The van der Waals surface area contributed by atoms with Crippen molar-refractivity contribution in [3.8, 4) is 15.4 Å². The Bertz CT molecular complexity index is 3260. The first-order chi connectivity index (χ1) is 45.3. The summed E-state index contributed by atoms with van der Waals surface area (Å²) in [5.41, 5.74) is 7.36. The number of esters is 2. The quantitative estimate of drug-likeness (QED) is 0.0275. The number of aliphatic imine (C=N–C) groups is 1. The van der Waals surface area contributed by atoms with Crippen LogP contribution in [-0.2, 0) is 82.7 Å². The first-order valence-electron chi connectivity index (χ1n) is 31.4. The molecule has 0 spiro atoms. The molecule has 29 heteroatoms. The van der Waals surface area contributed by atoms with E-state index in [1.165, 1.54) is 16.2 Å². The summed E-state index contributed by atoms with van der Waals surface area (Å²) in [6.07, 6.45) is -1.49. The maximum absolute atomic E-state index is 14.6. The van der Waals surface area contributed by atoms with Crippen molar-refractivity contribution in [2.75, 3.05) is 132 Å². The van der Waals surface area contributed by atoms with Gasteiger partial charge in [0.05, 0.1) is 153 Å². The Hall–Kier alpha value is -6.67. The van der Waals surface area contributed by atoms with E-state index in [2.05, 4.69) is 45.0 Å². The van der Waals surface area contributed by atoms with Crippen LogP contribution in [0.3, 0.4) is 0 Å². The van der Waals surface area contributed by atoms with Gasteiger partial charge in [0.1, 0.15) is 48.3 Å². The smallest absolute Gasteiger partial charge is 0.306 e. The van der Waals surface area contributed by atoms with Crippen LogP contribution in [0.15, 0.2) is 59.0 Å². The molecule has 4 atom stereocenters. The van der Waals surface area contributed by atoms with Gasteiger partial charge in [-0.05, 0) is 61.9 Å². The lowest BCUT2D eigenvalue weighted by atomic mass is 9.85. The van der Waals surface area contributed by atoms with Crippen LogP contribution in [0.2, 0.25) is 5.02 Å². The van der Waals surface area contributed by atoms with Gasteiger partial charge in [-0.1, -0.05) is 68.8 Å². The number of benzene rings is 2. The number of hydrogen-bond donors (Lipinski definition) is 4. The lowest BCUT2D eigenvalue weighted by molar-refractivity contribution is -0.154. The number of thiazole rings is 1. The molecule has 2 aliphatic rings. The van der Waals surface area contributed by atoms with E-state index in [1.807, 2.05) is 66.9 Å². The maximum Gasteiger partial charge on any atom is 0.306 e. The number of thiophene rings is 1. The SMILES string of the molecule is Cc1ncsc1-c1ccc(CNC(=O)[C@@H]2C[C@@H](OC(=O)CCC(=O)OCCOCCOCCOCCOCCOCCO)CN2C(=O)[C@@H](NC(=O)COCCOCCOCCNC(=O)C[C@@H]2N=C(c3ccc(Cl)cc3)c3c(sc(C)c3C)-n3c(C)nnc32)C(C)(C)C)cc1.